The van der Waals surface area contributed by atoms with Crippen molar-refractivity contribution in [3.8, 4) is 0 Å². The summed E-state index contributed by atoms with van der Waals surface area (Å²) >= 11 is 0. The maximum absolute atomic E-state index is 13.5. The first-order valence-corrected chi connectivity index (χ1v) is 16.1. The van der Waals surface area contributed by atoms with Gasteiger partial charge in [0.2, 0.25) is 0 Å². The van der Waals surface area contributed by atoms with Crippen LogP contribution in [0.4, 0.5) is 0 Å². The third-order valence-corrected chi connectivity index (χ3v) is 12.3. The van der Waals surface area contributed by atoms with Gasteiger partial charge < -0.3 is 35.0 Å². The molecule has 9 heteroatoms. The maximum atomic E-state index is 13.5. The number of esters is 2. The summed E-state index contributed by atoms with van der Waals surface area (Å²) < 4.78 is 12.0. The first-order valence-electron chi connectivity index (χ1n) is 16.1. The Hall–Kier alpha value is -3.34. The van der Waals surface area contributed by atoms with Crippen LogP contribution in [0, 0.1) is 16.7 Å². The Labute approximate surface area is 269 Å². The van der Waals surface area contributed by atoms with Gasteiger partial charge in [0.05, 0.1) is 22.7 Å². The summed E-state index contributed by atoms with van der Waals surface area (Å²) in [4.78, 5) is 26.6. The van der Waals surface area contributed by atoms with Gasteiger partial charge in [0.1, 0.15) is 29.0 Å². The van der Waals surface area contributed by atoms with E-state index in [1.165, 1.54) is 18.2 Å². The number of fused-ring (bicyclic) bond motifs is 5. The molecule has 4 aliphatic carbocycles. The molecule has 10 unspecified atom stereocenters. The van der Waals surface area contributed by atoms with Crippen molar-refractivity contribution in [3.63, 3.8) is 0 Å². The fourth-order valence-electron chi connectivity index (χ4n) is 9.30. The van der Waals surface area contributed by atoms with E-state index in [0.717, 1.165) is 5.56 Å². The molecule has 0 spiro atoms. The molecular formula is C37H44O9. The molecule has 5 N–H and O–H groups in total. The summed E-state index contributed by atoms with van der Waals surface area (Å²) in [6, 6.07) is 17.5. The van der Waals surface area contributed by atoms with Gasteiger partial charge in [-0.2, -0.15) is 0 Å². The van der Waals surface area contributed by atoms with Crippen LogP contribution in [0.25, 0.3) is 6.08 Å². The lowest BCUT2D eigenvalue weighted by Gasteiger charge is -2.68. The predicted molar refractivity (Wildman–Crippen MR) is 169 cm³/mol. The van der Waals surface area contributed by atoms with E-state index in [2.05, 4.69) is 0 Å². The highest BCUT2D eigenvalue weighted by Crippen LogP contribution is 2.71. The van der Waals surface area contributed by atoms with Crippen molar-refractivity contribution in [2.45, 2.75) is 100 Å². The van der Waals surface area contributed by atoms with E-state index < -0.39 is 69.4 Å². The number of rotatable bonds is 6. The fourth-order valence-corrected chi connectivity index (χ4v) is 9.30. The number of hydrogen-bond acceptors (Lipinski definition) is 9. The lowest BCUT2D eigenvalue weighted by atomic mass is 9.41. The molecule has 246 valence electrons. The minimum Gasteiger partial charge on any atom is -0.458 e. The Bertz CT molecular complexity index is 1540. The maximum Gasteiger partial charge on any atom is 0.338 e. The standard InChI is InChI=1S/C37H44O9/c1-24(45-31(40)26-12-8-5-9-13-26)35(42)20-21-37(44)33(35,3)29(46-30(39)15-14-25-10-6-4-7-11-25)22-28-32(2)17-16-27(38)23-34(32,41)18-19-36(28,37)43/h4-15,18-19,24,27-29,38,41-44H,16-17,20-23H2,1-3H3. The molecule has 3 fully saturated rings. The van der Waals surface area contributed by atoms with Gasteiger partial charge in [-0.3, -0.25) is 0 Å². The van der Waals surface area contributed by atoms with Crippen molar-refractivity contribution in [1.29, 1.82) is 0 Å². The van der Waals surface area contributed by atoms with Crippen molar-refractivity contribution in [2.24, 2.45) is 16.7 Å². The molecule has 0 aromatic heterocycles. The van der Waals surface area contributed by atoms with Crippen molar-refractivity contribution in [3.05, 3.63) is 90.0 Å². The summed E-state index contributed by atoms with van der Waals surface area (Å²) in [6.07, 6.45) is 3.30. The van der Waals surface area contributed by atoms with Gasteiger partial charge in [0, 0.05) is 23.8 Å². The van der Waals surface area contributed by atoms with E-state index in [1.807, 2.05) is 37.3 Å². The smallest absolute Gasteiger partial charge is 0.338 e. The monoisotopic (exact) mass is 632 g/mol. The fraction of sp³-hybridized carbons (Fsp3) is 0.514. The summed E-state index contributed by atoms with van der Waals surface area (Å²) in [5.41, 5.74) is -9.14. The van der Waals surface area contributed by atoms with Gasteiger partial charge in [-0.1, -0.05) is 74.5 Å². The molecule has 9 nitrogen and oxygen atoms in total. The van der Waals surface area contributed by atoms with E-state index in [1.54, 1.807) is 50.3 Å². The van der Waals surface area contributed by atoms with Crippen LogP contribution in [-0.4, -0.2) is 78.2 Å². The summed E-state index contributed by atoms with van der Waals surface area (Å²) in [5.74, 6) is -2.19. The van der Waals surface area contributed by atoms with E-state index in [-0.39, 0.29) is 31.2 Å². The van der Waals surface area contributed by atoms with Crippen LogP contribution in [0.1, 0.15) is 75.2 Å². The largest absolute Gasteiger partial charge is 0.458 e. The number of carbonyl (C=O) groups is 2. The SMILES string of the molecule is CC(OC(=O)c1ccccc1)C1(O)CCC2(O)C3(O)C=CC4(O)CC(O)CCC4(C)C3CC(OC(=O)C=Cc3ccccc3)C12C. The summed E-state index contributed by atoms with van der Waals surface area (Å²) in [7, 11) is 0. The topological polar surface area (TPSA) is 154 Å². The number of benzene rings is 2. The second kappa shape index (κ2) is 11.1. The third kappa shape index (κ3) is 4.54. The van der Waals surface area contributed by atoms with Crippen LogP contribution in [0.15, 0.2) is 78.9 Å². The van der Waals surface area contributed by atoms with Crippen LogP contribution in [-0.2, 0) is 14.3 Å². The molecule has 46 heavy (non-hydrogen) atoms. The van der Waals surface area contributed by atoms with Crippen molar-refractivity contribution >= 4 is 18.0 Å². The van der Waals surface area contributed by atoms with Crippen molar-refractivity contribution in [2.75, 3.05) is 0 Å². The lowest BCUT2D eigenvalue weighted by molar-refractivity contribution is -0.326. The molecule has 0 aliphatic heterocycles. The van der Waals surface area contributed by atoms with Gasteiger partial charge in [-0.05, 0) is 62.8 Å². The predicted octanol–water partition coefficient (Wildman–Crippen LogP) is 3.72. The molecule has 0 amide bonds. The number of hydrogen-bond donors (Lipinski definition) is 5. The number of carbonyl (C=O) groups excluding carboxylic acids is 2. The van der Waals surface area contributed by atoms with Crippen LogP contribution in [0.5, 0.6) is 0 Å². The van der Waals surface area contributed by atoms with E-state index in [0.29, 0.717) is 12.8 Å². The van der Waals surface area contributed by atoms with E-state index >= 15 is 0 Å². The number of aliphatic hydroxyl groups is 5. The van der Waals surface area contributed by atoms with Gasteiger partial charge in [0.15, 0.2) is 0 Å². The minimum absolute atomic E-state index is 0.0128. The molecule has 0 radical (unpaired) electrons. The molecule has 6 rings (SSSR count). The molecule has 2 aromatic carbocycles. The summed E-state index contributed by atoms with van der Waals surface area (Å²) in [5, 5.41) is 60.5. The Kier molecular flexibility index (Phi) is 7.89. The Morgan fingerprint density at radius 3 is 2.24 bits per heavy atom. The van der Waals surface area contributed by atoms with Gasteiger partial charge in [0.25, 0.3) is 0 Å². The molecular weight excluding hydrogens is 588 g/mol. The zero-order valence-electron chi connectivity index (χ0n) is 26.5. The molecule has 0 bridgehead atoms. The second-order valence-electron chi connectivity index (χ2n) is 14.3. The quantitative estimate of drug-likeness (QED) is 0.182. The zero-order valence-corrected chi connectivity index (χ0v) is 26.5. The first kappa shape index (κ1) is 32.6. The molecule has 0 heterocycles. The lowest BCUT2D eigenvalue weighted by Crippen LogP contribution is -2.80. The number of ether oxygens (including phenoxy) is 2. The molecule has 2 aromatic rings. The molecule has 0 saturated heterocycles. The van der Waals surface area contributed by atoms with Crippen molar-refractivity contribution < 1.29 is 44.6 Å². The van der Waals surface area contributed by atoms with Crippen LogP contribution >= 0.6 is 0 Å². The number of aliphatic hydroxyl groups excluding tert-OH is 1. The highest BCUT2D eigenvalue weighted by atomic mass is 16.6. The molecule has 4 aliphatic rings. The van der Waals surface area contributed by atoms with E-state index in [4.69, 9.17) is 9.47 Å². The minimum atomic E-state index is -2.07. The van der Waals surface area contributed by atoms with Crippen LogP contribution in [0.3, 0.4) is 0 Å². The van der Waals surface area contributed by atoms with Crippen LogP contribution < -0.4 is 0 Å². The van der Waals surface area contributed by atoms with Gasteiger partial charge in [-0.15, -0.1) is 0 Å². The van der Waals surface area contributed by atoms with Crippen molar-refractivity contribution in [1.82, 2.24) is 0 Å². The third-order valence-electron chi connectivity index (χ3n) is 12.3. The Balaban J connectivity index is 1.42. The second-order valence-corrected chi connectivity index (χ2v) is 14.3. The van der Waals surface area contributed by atoms with E-state index in [9.17, 15) is 35.1 Å². The molecule has 10 atom stereocenters. The average Bonchev–Trinajstić information content (AvgIpc) is 3.27. The first-order chi connectivity index (χ1) is 21.6. The molecule has 3 saturated carbocycles. The normalized spacial score (nSPS) is 42.0. The summed E-state index contributed by atoms with van der Waals surface area (Å²) in [6.45, 7) is 4.96. The zero-order chi connectivity index (χ0) is 33.2. The average molecular weight is 633 g/mol. The van der Waals surface area contributed by atoms with Crippen LogP contribution in [0.2, 0.25) is 0 Å². The highest BCUT2D eigenvalue weighted by Gasteiger charge is 2.82. The van der Waals surface area contributed by atoms with Gasteiger partial charge >= 0.3 is 11.9 Å². The highest BCUT2D eigenvalue weighted by molar-refractivity contribution is 5.89. The van der Waals surface area contributed by atoms with Gasteiger partial charge in [-0.25, -0.2) is 9.59 Å². The Morgan fingerprint density at radius 1 is 0.913 bits per heavy atom. The Morgan fingerprint density at radius 2 is 1.57 bits per heavy atom.